The van der Waals surface area contributed by atoms with Crippen LogP contribution in [0.3, 0.4) is 0 Å². The van der Waals surface area contributed by atoms with Gasteiger partial charge in [-0.3, -0.25) is 4.79 Å². The summed E-state index contributed by atoms with van der Waals surface area (Å²) in [5, 5.41) is 14.6. The smallest absolute Gasteiger partial charge is 0.315 e. The van der Waals surface area contributed by atoms with Crippen LogP contribution in [0.4, 0.5) is 4.79 Å². The molecule has 0 spiro atoms. The molecule has 5 nitrogen and oxygen atoms in total. The molecule has 3 N–H and O–H groups in total. The Bertz CT molecular complexity index is 327. The topological polar surface area (TPSA) is 78.4 Å². The van der Waals surface area contributed by atoms with Crippen molar-refractivity contribution in [2.24, 2.45) is 5.92 Å². The molecule has 0 heterocycles. The highest BCUT2D eigenvalue weighted by atomic mass is 16.4. The van der Waals surface area contributed by atoms with Crippen LogP contribution in [0.25, 0.3) is 0 Å². The Labute approximate surface area is 115 Å². The van der Waals surface area contributed by atoms with Gasteiger partial charge in [0.15, 0.2) is 0 Å². The third kappa shape index (κ3) is 5.09. The van der Waals surface area contributed by atoms with Crippen molar-refractivity contribution in [3.05, 3.63) is 0 Å². The average Bonchev–Trinajstić information content (AvgIpc) is 2.24. The van der Waals surface area contributed by atoms with E-state index in [0.717, 1.165) is 32.1 Å². The SMILES string of the molecule is CCC(C)CC(C)NC(=O)NC1(CC(=O)O)CCC1. The molecule has 0 aliphatic heterocycles. The molecule has 0 aromatic heterocycles. The summed E-state index contributed by atoms with van der Waals surface area (Å²) < 4.78 is 0. The van der Waals surface area contributed by atoms with Gasteiger partial charge in [0.05, 0.1) is 12.0 Å². The predicted octanol–water partition coefficient (Wildman–Crippen LogP) is 2.51. The maximum absolute atomic E-state index is 11.9. The second-order valence-corrected chi connectivity index (χ2v) is 5.95. The van der Waals surface area contributed by atoms with Crippen molar-refractivity contribution >= 4 is 12.0 Å². The van der Waals surface area contributed by atoms with E-state index in [-0.39, 0.29) is 18.5 Å². The molecule has 1 saturated carbocycles. The van der Waals surface area contributed by atoms with Gasteiger partial charge in [-0.05, 0) is 38.5 Å². The zero-order valence-corrected chi connectivity index (χ0v) is 12.2. The van der Waals surface area contributed by atoms with Crippen molar-refractivity contribution in [3.8, 4) is 0 Å². The van der Waals surface area contributed by atoms with Gasteiger partial charge in [-0.15, -0.1) is 0 Å². The number of carbonyl (C=O) groups is 2. The lowest BCUT2D eigenvalue weighted by Gasteiger charge is -2.41. The van der Waals surface area contributed by atoms with Crippen LogP contribution in [-0.2, 0) is 4.79 Å². The van der Waals surface area contributed by atoms with Gasteiger partial charge < -0.3 is 15.7 Å². The minimum atomic E-state index is -0.854. The highest BCUT2D eigenvalue weighted by Crippen LogP contribution is 2.34. The van der Waals surface area contributed by atoms with E-state index in [1.807, 2.05) is 6.92 Å². The Hall–Kier alpha value is -1.26. The van der Waals surface area contributed by atoms with Gasteiger partial charge in [0.1, 0.15) is 0 Å². The number of carboxylic acid groups (broad SMARTS) is 1. The zero-order valence-electron chi connectivity index (χ0n) is 12.2. The summed E-state index contributed by atoms with van der Waals surface area (Å²) in [5.74, 6) is -0.278. The summed E-state index contributed by atoms with van der Waals surface area (Å²) in [6.07, 6.45) is 4.54. The van der Waals surface area contributed by atoms with E-state index in [1.54, 1.807) is 0 Å². The highest BCUT2D eigenvalue weighted by Gasteiger charge is 2.40. The number of hydrogen-bond donors (Lipinski definition) is 3. The van der Waals surface area contributed by atoms with E-state index in [9.17, 15) is 9.59 Å². The Kier molecular flexibility index (Phi) is 5.63. The molecule has 2 unspecified atom stereocenters. The van der Waals surface area contributed by atoms with Crippen molar-refractivity contribution in [2.45, 2.75) is 70.9 Å². The fourth-order valence-electron chi connectivity index (χ4n) is 2.57. The van der Waals surface area contributed by atoms with Crippen LogP contribution in [0.1, 0.15) is 59.3 Å². The fourth-order valence-corrected chi connectivity index (χ4v) is 2.57. The van der Waals surface area contributed by atoms with Gasteiger partial charge in [-0.2, -0.15) is 0 Å². The highest BCUT2D eigenvalue weighted by molar-refractivity contribution is 5.77. The first-order valence-corrected chi connectivity index (χ1v) is 7.17. The molecular formula is C14H26N2O3. The molecule has 1 aliphatic rings. The van der Waals surface area contributed by atoms with Gasteiger partial charge in [0, 0.05) is 6.04 Å². The fraction of sp³-hybridized carbons (Fsp3) is 0.857. The first-order chi connectivity index (χ1) is 8.87. The number of urea groups is 1. The van der Waals surface area contributed by atoms with Gasteiger partial charge in [-0.25, -0.2) is 4.79 Å². The lowest BCUT2D eigenvalue weighted by atomic mass is 9.74. The lowest BCUT2D eigenvalue weighted by molar-refractivity contribution is -0.139. The molecule has 0 radical (unpaired) electrons. The quantitative estimate of drug-likeness (QED) is 0.665. The second-order valence-electron chi connectivity index (χ2n) is 5.95. The summed E-state index contributed by atoms with van der Waals surface area (Å²) in [5.41, 5.74) is -0.522. The molecule has 19 heavy (non-hydrogen) atoms. The molecule has 110 valence electrons. The third-order valence-corrected chi connectivity index (χ3v) is 4.01. The van der Waals surface area contributed by atoms with Crippen LogP contribution in [0.5, 0.6) is 0 Å². The molecule has 1 fully saturated rings. The van der Waals surface area contributed by atoms with Crippen molar-refractivity contribution < 1.29 is 14.7 Å². The van der Waals surface area contributed by atoms with Crippen LogP contribution in [0, 0.1) is 5.92 Å². The van der Waals surface area contributed by atoms with Gasteiger partial charge >= 0.3 is 12.0 Å². The van der Waals surface area contributed by atoms with Gasteiger partial charge in [0.25, 0.3) is 0 Å². The van der Waals surface area contributed by atoms with Crippen molar-refractivity contribution in [1.82, 2.24) is 10.6 Å². The lowest BCUT2D eigenvalue weighted by Crippen LogP contribution is -2.58. The first kappa shape index (κ1) is 15.8. The zero-order chi connectivity index (χ0) is 14.5. The van der Waals surface area contributed by atoms with E-state index in [4.69, 9.17) is 5.11 Å². The maximum atomic E-state index is 11.9. The molecule has 0 aromatic carbocycles. The van der Waals surface area contributed by atoms with Crippen LogP contribution < -0.4 is 10.6 Å². The summed E-state index contributed by atoms with van der Waals surface area (Å²) in [7, 11) is 0. The third-order valence-electron chi connectivity index (χ3n) is 4.01. The largest absolute Gasteiger partial charge is 0.481 e. The summed E-state index contributed by atoms with van der Waals surface area (Å²) in [4.78, 5) is 22.7. The maximum Gasteiger partial charge on any atom is 0.315 e. The van der Waals surface area contributed by atoms with Gasteiger partial charge in [0.2, 0.25) is 0 Å². The van der Waals surface area contributed by atoms with E-state index >= 15 is 0 Å². The van der Waals surface area contributed by atoms with Crippen LogP contribution in [-0.4, -0.2) is 28.7 Å². The summed E-state index contributed by atoms with van der Waals surface area (Å²) in [6, 6.07) is -0.131. The molecule has 0 saturated heterocycles. The normalized spacial score (nSPS) is 19.9. The van der Waals surface area contributed by atoms with E-state index in [0.29, 0.717) is 5.92 Å². The Morgan fingerprint density at radius 3 is 2.37 bits per heavy atom. The number of aliphatic carboxylic acids is 1. The number of hydrogen-bond acceptors (Lipinski definition) is 2. The molecule has 2 atom stereocenters. The molecule has 2 amide bonds. The summed E-state index contributed by atoms with van der Waals surface area (Å²) >= 11 is 0. The number of amides is 2. The van der Waals surface area contributed by atoms with Crippen molar-refractivity contribution in [3.63, 3.8) is 0 Å². The predicted molar refractivity (Wildman–Crippen MR) is 74.0 cm³/mol. The molecule has 1 rings (SSSR count). The second kappa shape index (κ2) is 6.78. The first-order valence-electron chi connectivity index (χ1n) is 7.17. The van der Waals surface area contributed by atoms with Crippen molar-refractivity contribution in [2.75, 3.05) is 0 Å². The van der Waals surface area contributed by atoms with Crippen LogP contribution in [0.15, 0.2) is 0 Å². The number of carboxylic acids is 1. The molecular weight excluding hydrogens is 244 g/mol. The Balaban J connectivity index is 2.39. The number of carbonyl (C=O) groups excluding carboxylic acids is 1. The molecule has 0 bridgehead atoms. The van der Waals surface area contributed by atoms with Crippen LogP contribution >= 0.6 is 0 Å². The van der Waals surface area contributed by atoms with E-state index in [2.05, 4.69) is 24.5 Å². The average molecular weight is 270 g/mol. The summed E-state index contributed by atoms with van der Waals surface area (Å²) in [6.45, 7) is 6.28. The van der Waals surface area contributed by atoms with E-state index < -0.39 is 11.5 Å². The minimum Gasteiger partial charge on any atom is -0.481 e. The Morgan fingerprint density at radius 1 is 1.32 bits per heavy atom. The Morgan fingerprint density at radius 2 is 1.95 bits per heavy atom. The standard InChI is InChI=1S/C14H26N2O3/c1-4-10(2)8-11(3)15-13(19)16-14(6-5-7-14)9-12(17)18/h10-11H,4-9H2,1-3H3,(H,17,18)(H2,15,16,19). The number of rotatable bonds is 7. The number of nitrogens with one attached hydrogen (secondary N) is 2. The van der Waals surface area contributed by atoms with Crippen LogP contribution in [0.2, 0.25) is 0 Å². The van der Waals surface area contributed by atoms with Gasteiger partial charge in [-0.1, -0.05) is 20.3 Å². The molecule has 0 aromatic rings. The van der Waals surface area contributed by atoms with Crippen molar-refractivity contribution in [1.29, 1.82) is 0 Å². The van der Waals surface area contributed by atoms with E-state index in [1.165, 1.54) is 0 Å². The molecule has 1 aliphatic carbocycles. The monoisotopic (exact) mass is 270 g/mol. The molecule has 5 heteroatoms. The minimum absolute atomic E-state index is 0.0141.